The van der Waals surface area contributed by atoms with Gasteiger partial charge in [-0.3, -0.25) is 0 Å². The van der Waals surface area contributed by atoms with Gasteiger partial charge in [0, 0.05) is 5.69 Å². The number of nitrogens with one attached hydrogen (secondary N) is 1. The minimum atomic E-state index is 0.0959. The zero-order chi connectivity index (χ0) is 14.5. The van der Waals surface area contributed by atoms with Gasteiger partial charge in [-0.05, 0) is 41.1 Å². The monoisotopic (exact) mass is 339 g/mol. The largest absolute Gasteiger partial charge is 0.496 e. The van der Waals surface area contributed by atoms with E-state index < -0.39 is 0 Å². The fourth-order valence-electron chi connectivity index (χ4n) is 1.49. The summed E-state index contributed by atoms with van der Waals surface area (Å²) in [6.07, 6.45) is 0. The molecular weight excluding hydrogens is 326 g/mol. The normalized spacial score (nSPS) is 10.2. The highest BCUT2D eigenvalue weighted by atomic mass is 79.9. The van der Waals surface area contributed by atoms with Crippen LogP contribution in [0, 0.1) is 0 Å². The molecule has 0 fully saturated rings. The van der Waals surface area contributed by atoms with Gasteiger partial charge in [-0.15, -0.1) is 0 Å². The predicted molar refractivity (Wildman–Crippen MR) is 79.4 cm³/mol. The van der Waals surface area contributed by atoms with Crippen LogP contribution < -0.4 is 20.5 Å². The lowest BCUT2D eigenvalue weighted by atomic mass is 10.3. The number of hydrogen-bond acceptors (Lipinski definition) is 7. The van der Waals surface area contributed by atoms with E-state index in [1.165, 1.54) is 0 Å². The van der Waals surface area contributed by atoms with E-state index in [9.17, 15) is 0 Å². The van der Waals surface area contributed by atoms with Crippen LogP contribution in [0.3, 0.4) is 0 Å². The minimum Gasteiger partial charge on any atom is -0.496 e. The molecule has 0 atom stereocenters. The van der Waals surface area contributed by atoms with Gasteiger partial charge >= 0.3 is 6.01 Å². The van der Waals surface area contributed by atoms with E-state index in [1.54, 1.807) is 7.11 Å². The van der Waals surface area contributed by atoms with Crippen molar-refractivity contribution in [3.05, 3.63) is 22.7 Å². The third kappa shape index (κ3) is 3.47. The van der Waals surface area contributed by atoms with Crippen molar-refractivity contribution in [1.29, 1.82) is 0 Å². The maximum Gasteiger partial charge on any atom is 0.323 e. The lowest BCUT2D eigenvalue weighted by Gasteiger charge is -2.09. The fourth-order valence-corrected chi connectivity index (χ4v) is 2.04. The van der Waals surface area contributed by atoms with E-state index in [2.05, 4.69) is 36.2 Å². The molecular formula is C12H14BrN5O2. The van der Waals surface area contributed by atoms with Gasteiger partial charge < -0.3 is 20.5 Å². The molecule has 0 aliphatic carbocycles. The highest BCUT2D eigenvalue weighted by Crippen LogP contribution is 2.28. The summed E-state index contributed by atoms with van der Waals surface area (Å²) in [6, 6.07) is 5.69. The molecule has 2 aromatic rings. The number of hydrogen-bond donors (Lipinski definition) is 2. The van der Waals surface area contributed by atoms with Crippen LogP contribution in [-0.4, -0.2) is 28.7 Å². The number of methoxy groups -OCH3 is 1. The van der Waals surface area contributed by atoms with Crippen molar-refractivity contribution < 1.29 is 9.47 Å². The maximum absolute atomic E-state index is 5.61. The van der Waals surface area contributed by atoms with Crippen LogP contribution in [0.15, 0.2) is 22.7 Å². The first-order valence-electron chi connectivity index (χ1n) is 5.87. The number of benzene rings is 1. The lowest BCUT2D eigenvalue weighted by Crippen LogP contribution is -2.06. The highest BCUT2D eigenvalue weighted by Gasteiger charge is 2.07. The molecule has 8 heteroatoms. The summed E-state index contributed by atoms with van der Waals surface area (Å²) in [5.74, 6) is 1.15. The summed E-state index contributed by atoms with van der Waals surface area (Å²) in [5.41, 5.74) is 6.39. The van der Waals surface area contributed by atoms with Crippen LogP contribution in [0.2, 0.25) is 0 Å². The van der Waals surface area contributed by atoms with Crippen molar-refractivity contribution in [2.75, 3.05) is 24.8 Å². The van der Waals surface area contributed by atoms with Gasteiger partial charge in [0.1, 0.15) is 5.75 Å². The van der Waals surface area contributed by atoms with E-state index >= 15 is 0 Å². The second-order valence-electron chi connectivity index (χ2n) is 3.71. The van der Waals surface area contributed by atoms with Gasteiger partial charge in [0.05, 0.1) is 18.2 Å². The van der Waals surface area contributed by atoms with Crippen LogP contribution in [0.1, 0.15) is 6.92 Å². The van der Waals surface area contributed by atoms with Crippen molar-refractivity contribution in [3.63, 3.8) is 0 Å². The Morgan fingerprint density at radius 3 is 2.75 bits per heavy atom. The molecule has 7 nitrogen and oxygen atoms in total. The first kappa shape index (κ1) is 14.3. The molecule has 1 aromatic carbocycles. The van der Waals surface area contributed by atoms with Crippen molar-refractivity contribution in [3.8, 4) is 11.8 Å². The van der Waals surface area contributed by atoms with Gasteiger partial charge in [0.25, 0.3) is 0 Å². The lowest BCUT2D eigenvalue weighted by molar-refractivity contribution is 0.312. The SMILES string of the molecule is CCOc1nc(N)nc(Nc2ccc(OC)c(Br)c2)n1. The molecule has 20 heavy (non-hydrogen) atoms. The molecule has 0 radical (unpaired) electrons. The molecule has 0 spiro atoms. The van der Waals surface area contributed by atoms with Crippen LogP contribution >= 0.6 is 15.9 Å². The summed E-state index contributed by atoms with van der Waals surface area (Å²) < 4.78 is 11.2. The van der Waals surface area contributed by atoms with E-state index in [4.69, 9.17) is 15.2 Å². The Labute approximate surface area is 124 Å². The second-order valence-corrected chi connectivity index (χ2v) is 4.56. The Bertz CT molecular complexity index is 608. The van der Waals surface area contributed by atoms with Crippen molar-refractivity contribution in [1.82, 2.24) is 15.0 Å². The first-order chi connectivity index (χ1) is 9.62. The molecule has 2 rings (SSSR count). The molecule has 3 N–H and O–H groups in total. The molecule has 0 amide bonds. The molecule has 0 aliphatic rings. The standard InChI is InChI=1S/C12H14BrN5O2/c1-3-20-12-17-10(14)16-11(18-12)15-7-4-5-9(19-2)8(13)6-7/h4-6H,3H2,1-2H3,(H3,14,15,16,17,18). The summed E-state index contributed by atoms with van der Waals surface area (Å²) in [4.78, 5) is 12.0. The number of nitrogens with two attached hydrogens (primary N) is 1. The Kier molecular flexibility index (Phi) is 4.57. The summed E-state index contributed by atoms with van der Waals surface area (Å²) in [6.45, 7) is 2.30. The maximum atomic E-state index is 5.61. The number of rotatable bonds is 5. The van der Waals surface area contributed by atoms with Crippen LogP contribution in [0.4, 0.5) is 17.6 Å². The first-order valence-corrected chi connectivity index (χ1v) is 6.66. The zero-order valence-corrected chi connectivity index (χ0v) is 12.6. The molecule has 0 saturated carbocycles. The minimum absolute atomic E-state index is 0.0959. The molecule has 0 saturated heterocycles. The molecule has 1 heterocycles. The van der Waals surface area contributed by atoms with Crippen molar-refractivity contribution in [2.24, 2.45) is 0 Å². The molecule has 0 unspecified atom stereocenters. The average molecular weight is 340 g/mol. The predicted octanol–water partition coefficient (Wildman–Crippen LogP) is 2.37. The van der Waals surface area contributed by atoms with E-state index in [-0.39, 0.29) is 12.0 Å². The Morgan fingerprint density at radius 1 is 1.30 bits per heavy atom. The van der Waals surface area contributed by atoms with Gasteiger partial charge in [-0.25, -0.2) is 0 Å². The third-order valence-electron chi connectivity index (χ3n) is 2.31. The summed E-state index contributed by atoms with van der Waals surface area (Å²) >= 11 is 3.41. The average Bonchev–Trinajstić information content (AvgIpc) is 2.38. The van der Waals surface area contributed by atoms with Crippen molar-refractivity contribution >= 4 is 33.5 Å². The quantitative estimate of drug-likeness (QED) is 0.863. The summed E-state index contributed by atoms with van der Waals surface area (Å²) in [7, 11) is 1.61. The van der Waals surface area contributed by atoms with Gasteiger partial charge in [0.15, 0.2) is 0 Å². The van der Waals surface area contributed by atoms with Crippen LogP contribution in [0.5, 0.6) is 11.8 Å². The second kappa shape index (κ2) is 6.38. The molecule has 1 aromatic heterocycles. The zero-order valence-electron chi connectivity index (χ0n) is 11.1. The number of ether oxygens (including phenoxy) is 2. The fraction of sp³-hybridized carbons (Fsp3) is 0.250. The Morgan fingerprint density at radius 2 is 2.10 bits per heavy atom. The van der Waals surface area contributed by atoms with Gasteiger partial charge in [-0.2, -0.15) is 15.0 Å². The highest BCUT2D eigenvalue weighted by molar-refractivity contribution is 9.10. The number of anilines is 3. The van der Waals surface area contributed by atoms with E-state index in [1.807, 2.05) is 25.1 Å². The van der Waals surface area contributed by atoms with E-state index in [0.717, 1.165) is 15.9 Å². The molecule has 106 valence electrons. The molecule has 0 aliphatic heterocycles. The smallest absolute Gasteiger partial charge is 0.323 e. The number of nitrogen functional groups attached to an aromatic ring is 1. The Hall–Kier alpha value is -2.09. The third-order valence-corrected chi connectivity index (χ3v) is 2.93. The van der Waals surface area contributed by atoms with Gasteiger partial charge in [0.2, 0.25) is 11.9 Å². The van der Waals surface area contributed by atoms with Gasteiger partial charge in [-0.1, -0.05) is 0 Å². The van der Waals surface area contributed by atoms with Crippen LogP contribution in [-0.2, 0) is 0 Å². The topological polar surface area (TPSA) is 95.2 Å². The van der Waals surface area contributed by atoms with E-state index in [0.29, 0.717) is 12.6 Å². The molecule has 0 bridgehead atoms. The van der Waals surface area contributed by atoms with Crippen LogP contribution in [0.25, 0.3) is 0 Å². The number of aromatic nitrogens is 3. The van der Waals surface area contributed by atoms with Crippen molar-refractivity contribution in [2.45, 2.75) is 6.92 Å². The number of halogens is 1. The number of nitrogens with zero attached hydrogens (tertiary/aromatic N) is 3. The Balaban J connectivity index is 2.23. The summed E-state index contributed by atoms with van der Waals surface area (Å²) in [5, 5.41) is 3.03.